The monoisotopic (exact) mass is 400 g/mol. The molecule has 134 valence electrons. The number of hydrogen-bond acceptors (Lipinski definition) is 3. The van der Waals surface area contributed by atoms with Gasteiger partial charge < -0.3 is 5.32 Å². The first-order valence-corrected chi connectivity index (χ1v) is 9.63. The van der Waals surface area contributed by atoms with Gasteiger partial charge in [0, 0.05) is 11.2 Å². The molecule has 0 aliphatic heterocycles. The van der Waals surface area contributed by atoms with Crippen molar-refractivity contribution >= 4 is 44.8 Å². The Kier molecular flexibility index (Phi) is 5.79. The molecule has 0 bridgehead atoms. The third-order valence-electron chi connectivity index (χ3n) is 3.05. The number of benzene rings is 2. The van der Waals surface area contributed by atoms with Crippen molar-refractivity contribution in [1.29, 1.82) is 0 Å². The number of carbonyl (C=O) groups is 1. The molecule has 2 aromatic carbocycles. The van der Waals surface area contributed by atoms with Gasteiger partial charge in [-0.05, 0) is 57.2 Å². The molecule has 1 amide bonds. The van der Waals surface area contributed by atoms with Crippen LogP contribution >= 0.6 is 23.2 Å². The van der Waals surface area contributed by atoms with E-state index >= 15 is 0 Å². The fourth-order valence-electron chi connectivity index (χ4n) is 2.09. The number of carbonyl (C=O) groups excluding carboxylic acids is 1. The summed E-state index contributed by atoms with van der Waals surface area (Å²) in [5.74, 6) is -0.473. The van der Waals surface area contributed by atoms with Crippen LogP contribution in [0.25, 0.3) is 0 Å². The van der Waals surface area contributed by atoms with Gasteiger partial charge in [0.15, 0.2) is 0 Å². The van der Waals surface area contributed by atoms with Crippen LogP contribution in [0.3, 0.4) is 0 Å². The molecular weight excluding hydrogens is 383 g/mol. The lowest BCUT2D eigenvalue weighted by Gasteiger charge is -2.20. The summed E-state index contributed by atoms with van der Waals surface area (Å²) in [6, 6.07) is 10.6. The maximum absolute atomic E-state index is 12.3. The fourth-order valence-corrected chi connectivity index (χ4v) is 4.08. The van der Waals surface area contributed by atoms with Gasteiger partial charge in [-0.25, -0.2) is 13.1 Å². The van der Waals surface area contributed by atoms with E-state index in [-0.39, 0.29) is 20.5 Å². The lowest BCUT2D eigenvalue weighted by molar-refractivity contribution is 0.102. The SMILES string of the molecule is CC(C)(C)NS(=O)(=O)c1ccc(NC(=O)c2c(Cl)cccc2Cl)cc1. The lowest BCUT2D eigenvalue weighted by atomic mass is 10.1. The van der Waals surface area contributed by atoms with Crippen molar-refractivity contribution in [3.63, 3.8) is 0 Å². The number of halogens is 2. The summed E-state index contributed by atoms with van der Waals surface area (Å²) in [6.45, 7) is 5.27. The van der Waals surface area contributed by atoms with Crippen LogP contribution < -0.4 is 10.0 Å². The Balaban J connectivity index is 2.20. The molecule has 0 saturated carbocycles. The average Bonchev–Trinajstić information content (AvgIpc) is 2.45. The largest absolute Gasteiger partial charge is 0.322 e. The van der Waals surface area contributed by atoms with E-state index in [9.17, 15) is 13.2 Å². The lowest BCUT2D eigenvalue weighted by Crippen LogP contribution is -2.40. The molecule has 2 aromatic rings. The molecule has 0 atom stereocenters. The van der Waals surface area contributed by atoms with Crippen molar-refractivity contribution in [3.8, 4) is 0 Å². The molecular formula is C17H18Cl2N2O3S. The number of sulfonamides is 1. The number of nitrogens with one attached hydrogen (secondary N) is 2. The van der Waals surface area contributed by atoms with E-state index < -0.39 is 21.5 Å². The minimum atomic E-state index is -3.63. The van der Waals surface area contributed by atoms with Crippen molar-refractivity contribution in [2.24, 2.45) is 0 Å². The van der Waals surface area contributed by atoms with Crippen LogP contribution in [0.5, 0.6) is 0 Å². The maximum Gasteiger partial charge on any atom is 0.258 e. The van der Waals surface area contributed by atoms with Gasteiger partial charge in [0.05, 0.1) is 20.5 Å². The molecule has 5 nitrogen and oxygen atoms in total. The van der Waals surface area contributed by atoms with Crippen LogP contribution in [-0.4, -0.2) is 19.9 Å². The van der Waals surface area contributed by atoms with Crippen molar-refractivity contribution in [2.45, 2.75) is 31.2 Å². The fraction of sp³-hybridized carbons (Fsp3) is 0.235. The molecule has 0 saturated heterocycles. The van der Waals surface area contributed by atoms with Crippen LogP contribution in [-0.2, 0) is 10.0 Å². The highest BCUT2D eigenvalue weighted by molar-refractivity contribution is 7.89. The highest BCUT2D eigenvalue weighted by Gasteiger charge is 2.22. The average molecular weight is 401 g/mol. The summed E-state index contributed by atoms with van der Waals surface area (Å²) in [5.41, 5.74) is -0.000352. The van der Waals surface area contributed by atoms with Gasteiger partial charge in [-0.1, -0.05) is 29.3 Å². The molecule has 2 N–H and O–H groups in total. The van der Waals surface area contributed by atoms with Gasteiger partial charge in [0.2, 0.25) is 10.0 Å². The van der Waals surface area contributed by atoms with Crippen LogP contribution in [0.2, 0.25) is 10.0 Å². The van der Waals surface area contributed by atoms with Gasteiger partial charge >= 0.3 is 0 Å². The molecule has 8 heteroatoms. The Morgan fingerprint density at radius 1 is 0.960 bits per heavy atom. The second-order valence-electron chi connectivity index (χ2n) is 6.43. The number of anilines is 1. The van der Waals surface area contributed by atoms with Crippen molar-refractivity contribution in [2.75, 3.05) is 5.32 Å². The van der Waals surface area contributed by atoms with Gasteiger partial charge in [0.25, 0.3) is 5.91 Å². The van der Waals surface area contributed by atoms with Crippen molar-refractivity contribution < 1.29 is 13.2 Å². The second-order valence-corrected chi connectivity index (χ2v) is 8.93. The predicted molar refractivity (Wildman–Crippen MR) is 101 cm³/mol. The zero-order chi connectivity index (χ0) is 18.8. The molecule has 2 rings (SSSR count). The molecule has 0 radical (unpaired) electrons. The zero-order valence-electron chi connectivity index (χ0n) is 13.9. The minimum absolute atomic E-state index is 0.108. The summed E-state index contributed by atoms with van der Waals surface area (Å²) in [4.78, 5) is 12.4. The molecule has 0 aromatic heterocycles. The topological polar surface area (TPSA) is 75.3 Å². The summed E-state index contributed by atoms with van der Waals surface area (Å²) >= 11 is 12.0. The third-order valence-corrected chi connectivity index (χ3v) is 5.46. The molecule has 0 spiro atoms. The summed E-state index contributed by atoms with van der Waals surface area (Å²) in [7, 11) is -3.63. The minimum Gasteiger partial charge on any atom is -0.322 e. The Hall–Kier alpha value is -1.60. The van der Waals surface area contributed by atoms with Crippen LogP contribution in [0.1, 0.15) is 31.1 Å². The van der Waals surface area contributed by atoms with E-state index in [2.05, 4.69) is 10.0 Å². The third kappa shape index (κ3) is 5.19. The predicted octanol–water partition coefficient (Wildman–Crippen LogP) is 4.32. The summed E-state index contributed by atoms with van der Waals surface area (Å²) < 4.78 is 27.1. The number of hydrogen-bond donors (Lipinski definition) is 2. The molecule has 0 aliphatic carbocycles. The van der Waals surface area contributed by atoms with Crippen LogP contribution in [0, 0.1) is 0 Å². The smallest absolute Gasteiger partial charge is 0.258 e. The molecule has 0 unspecified atom stereocenters. The van der Waals surface area contributed by atoms with E-state index in [1.54, 1.807) is 39.0 Å². The summed E-state index contributed by atoms with van der Waals surface area (Å²) in [5, 5.41) is 3.11. The number of rotatable bonds is 4. The molecule has 25 heavy (non-hydrogen) atoms. The van der Waals surface area contributed by atoms with Crippen LogP contribution in [0.4, 0.5) is 5.69 Å². The van der Waals surface area contributed by atoms with E-state index in [1.807, 2.05) is 0 Å². The zero-order valence-corrected chi connectivity index (χ0v) is 16.3. The van der Waals surface area contributed by atoms with Crippen molar-refractivity contribution in [3.05, 3.63) is 58.1 Å². The summed E-state index contributed by atoms with van der Waals surface area (Å²) in [6.07, 6.45) is 0. The van der Waals surface area contributed by atoms with Crippen molar-refractivity contribution in [1.82, 2.24) is 4.72 Å². The number of amides is 1. The Morgan fingerprint density at radius 3 is 1.96 bits per heavy atom. The Bertz CT molecular complexity index is 869. The van der Waals surface area contributed by atoms with Gasteiger partial charge in [-0.2, -0.15) is 0 Å². The highest BCUT2D eigenvalue weighted by atomic mass is 35.5. The Labute approximate surface area is 157 Å². The molecule has 0 aliphatic rings. The van der Waals surface area contributed by atoms with Gasteiger partial charge in [0.1, 0.15) is 0 Å². The van der Waals surface area contributed by atoms with E-state index in [4.69, 9.17) is 23.2 Å². The molecule has 0 fully saturated rings. The van der Waals surface area contributed by atoms with E-state index in [0.717, 1.165) is 0 Å². The normalized spacial score (nSPS) is 12.0. The second kappa shape index (κ2) is 7.33. The molecule has 0 heterocycles. The van der Waals surface area contributed by atoms with E-state index in [1.165, 1.54) is 24.3 Å². The van der Waals surface area contributed by atoms with Crippen LogP contribution in [0.15, 0.2) is 47.4 Å². The highest BCUT2D eigenvalue weighted by Crippen LogP contribution is 2.25. The van der Waals surface area contributed by atoms with E-state index in [0.29, 0.717) is 5.69 Å². The first kappa shape index (κ1) is 19.7. The van der Waals surface area contributed by atoms with Gasteiger partial charge in [-0.3, -0.25) is 4.79 Å². The maximum atomic E-state index is 12.3. The van der Waals surface area contributed by atoms with Gasteiger partial charge in [-0.15, -0.1) is 0 Å². The first-order valence-electron chi connectivity index (χ1n) is 7.39. The standard InChI is InChI=1S/C17H18Cl2N2O3S/c1-17(2,3)21-25(23,24)12-9-7-11(8-10-12)20-16(22)15-13(18)5-4-6-14(15)19/h4-10,21H,1-3H3,(H,20,22). The quantitative estimate of drug-likeness (QED) is 0.801. The Morgan fingerprint density at radius 2 is 1.48 bits per heavy atom. The first-order chi connectivity index (χ1) is 11.5.